The van der Waals surface area contributed by atoms with Crippen molar-refractivity contribution in [2.75, 3.05) is 32.7 Å². The molecule has 132 valence electrons. The quantitative estimate of drug-likeness (QED) is 0.911. The summed E-state index contributed by atoms with van der Waals surface area (Å²) in [6.45, 7) is 3.39. The lowest BCUT2D eigenvalue weighted by Crippen LogP contribution is -2.49. The number of pyridine rings is 1. The van der Waals surface area contributed by atoms with Gasteiger partial charge in [-0.15, -0.1) is 0 Å². The first-order valence-electron chi connectivity index (χ1n) is 8.32. The molecule has 24 heavy (non-hydrogen) atoms. The van der Waals surface area contributed by atoms with E-state index >= 15 is 0 Å². The van der Waals surface area contributed by atoms with Crippen molar-refractivity contribution in [3.05, 3.63) is 29.6 Å². The number of piperidine rings is 1. The Morgan fingerprint density at radius 2 is 2.00 bits per heavy atom. The molecule has 3 heterocycles. The maximum Gasteiger partial charge on any atom is 0.272 e. The molecule has 3 rings (SSSR count). The van der Waals surface area contributed by atoms with Gasteiger partial charge in [0.15, 0.2) is 0 Å². The summed E-state index contributed by atoms with van der Waals surface area (Å²) in [7, 11) is 0. The van der Waals surface area contributed by atoms with Crippen LogP contribution in [-0.2, 0) is 0 Å². The van der Waals surface area contributed by atoms with Gasteiger partial charge in [0.25, 0.3) is 11.8 Å². The Kier molecular flexibility index (Phi) is 4.57. The van der Waals surface area contributed by atoms with Crippen LogP contribution in [0, 0.1) is 6.92 Å². The Morgan fingerprint density at radius 1 is 1.29 bits per heavy atom. The van der Waals surface area contributed by atoms with Gasteiger partial charge in [-0.3, -0.25) is 14.7 Å². The van der Waals surface area contributed by atoms with Gasteiger partial charge in [0, 0.05) is 45.2 Å². The fraction of sp³-hybridized carbons (Fsp3) is 0.647. The lowest BCUT2D eigenvalue weighted by atomic mass is 10.00. The number of alkyl halides is 2. The number of halogens is 2. The molecule has 0 unspecified atom stereocenters. The summed E-state index contributed by atoms with van der Waals surface area (Å²) in [5.74, 6) is -2.78. The monoisotopic (exact) mass is 339 g/mol. The number of aromatic nitrogens is 1. The van der Waals surface area contributed by atoms with Crippen LogP contribution in [0.5, 0.6) is 0 Å². The number of β-amino-alcohol motifs (C(OH)–C–C–N with tert-alkyl or cyclic N) is 1. The smallest absolute Gasteiger partial charge is 0.272 e. The molecule has 0 bridgehead atoms. The van der Waals surface area contributed by atoms with Crippen molar-refractivity contribution in [3.63, 3.8) is 0 Å². The van der Waals surface area contributed by atoms with Crippen LogP contribution in [0.25, 0.3) is 0 Å². The van der Waals surface area contributed by atoms with Gasteiger partial charge in [0.2, 0.25) is 0 Å². The molecule has 0 spiro atoms. The summed E-state index contributed by atoms with van der Waals surface area (Å²) < 4.78 is 26.5. The number of hydrogen-bond acceptors (Lipinski definition) is 4. The number of hydrogen-bond donors (Lipinski definition) is 1. The van der Waals surface area contributed by atoms with Gasteiger partial charge in [0.1, 0.15) is 5.69 Å². The molecule has 0 aromatic carbocycles. The molecular weight excluding hydrogens is 316 g/mol. The van der Waals surface area contributed by atoms with Crippen molar-refractivity contribution in [1.29, 1.82) is 0 Å². The minimum absolute atomic E-state index is 0.168. The van der Waals surface area contributed by atoms with Gasteiger partial charge in [0.05, 0.1) is 12.1 Å². The first-order valence-corrected chi connectivity index (χ1v) is 8.32. The minimum atomic E-state index is -2.59. The SMILES string of the molecule is Cc1cccnc1C(=O)N1CC[C@](O)(CN2CCC(F)(F)CC2)C1. The lowest BCUT2D eigenvalue weighted by molar-refractivity contribution is -0.0720. The molecule has 5 nitrogen and oxygen atoms in total. The highest BCUT2D eigenvalue weighted by Crippen LogP contribution is 2.30. The van der Waals surface area contributed by atoms with Crippen molar-refractivity contribution >= 4 is 5.91 Å². The zero-order valence-corrected chi connectivity index (χ0v) is 13.8. The largest absolute Gasteiger partial charge is 0.387 e. The summed E-state index contributed by atoms with van der Waals surface area (Å²) >= 11 is 0. The molecular formula is C17H23F2N3O2. The molecule has 0 aliphatic carbocycles. The van der Waals surface area contributed by atoms with Gasteiger partial charge in [-0.2, -0.15) is 0 Å². The van der Waals surface area contributed by atoms with Crippen LogP contribution in [0.2, 0.25) is 0 Å². The van der Waals surface area contributed by atoms with Crippen LogP contribution in [0.3, 0.4) is 0 Å². The van der Waals surface area contributed by atoms with E-state index < -0.39 is 11.5 Å². The van der Waals surface area contributed by atoms with Crippen molar-refractivity contribution in [2.24, 2.45) is 0 Å². The number of amides is 1. The third kappa shape index (κ3) is 3.72. The Bertz CT molecular complexity index is 616. The number of carbonyl (C=O) groups is 1. The minimum Gasteiger partial charge on any atom is -0.387 e. The molecule has 2 aliphatic heterocycles. The fourth-order valence-corrected chi connectivity index (χ4v) is 3.47. The van der Waals surface area contributed by atoms with Crippen LogP contribution in [0.15, 0.2) is 18.3 Å². The molecule has 2 saturated heterocycles. The Balaban J connectivity index is 1.60. The summed E-state index contributed by atoms with van der Waals surface area (Å²) in [5, 5.41) is 10.8. The molecule has 1 atom stereocenters. The van der Waals surface area contributed by atoms with Crippen LogP contribution >= 0.6 is 0 Å². The number of rotatable bonds is 3. The maximum atomic E-state index is 13.2. The van der Waals surface area contributed by atoms with Gasteiger partial charge in [-0.25, -0.2) is 8.78 Å². The summed E-state index contributed by atoms with van der Waals surface area (Å²) in [6.07, 6.45) is 1.70. The van der Waals surface area contributed by atoms with Crippen LogP contribution in [-0.4, -0.2) is 70.0 Å². The number of likely N-dealkylation sites (tertiary alicyclic amines) is 2. The van der Waals surface area contributed by atoms with Gasteiger partial charge < -0.3 is 10.0 Å². The molecule has 1 amide bonds. The standard InChI is InChI=1S/C17H23F2N3O2/c1-13-3-2-7-20-14(13)15(23)22-10-4-16(24,12-22)11-21-8-5-17(18,19)6-9-21/h2-3,7,24H,4-6,8-12H2,1H3/t16-/m0/s1. The topological polar surface area (TPSA) is 56.7 Å². The third-order valence-corrected chi connectivity index (χ3v) is 4.94. The number of aryl methyl sites for hydroxylation is 1. The zero-order valence-electron chi connectivity index (χ0n) is 13.8. The molecule has 1 N–H and O–H groups in total. The van der Waals surface area contributed by atoms with Crippen LogP contribution in [0.4, 0.5) is 8.78 Å². The molecule has 0 radical (unpaired) electrons. The predicted molar refractivity (Wildman–Crippen MR) is 85.1 cm³/mol. The molecule has 2 aliphatic rings. The molecule has 2 fully saturated rings. The van der Waals surface area contributed by atoms with Crippen LogP contribution < -0.4 is 0 Å². The van der Waals surface area contributed by atoms with Crippen molar-refractivity contribution in [3.8, 4) is 0 Å². The van der Waals surface area contributed by atoms with E-state index in [1.54, 1.807) is 17.2 Å². The summed E-state index contributed by atoms with van der Waals surface area (Å²) in [4.78, 5) is 20.2. The van der Waals surface area contributed by atoms with Crippen molar-refractivity contribution < 1.29 is 18.7 Å². The second-order valence-corrected chi connectivity index (χ2v) is 7.00. The van der Waals surface area contributed by atoms with Crippen molar-refractivity contribution in [2.45, 2.75) is 37.7 Å². The lowest BCUT2D eigenvalue weighted by Gasteiger charge is -2.36. The third-order valence-electron chi connectivity index (χ3n) is 4.94. The van der Waals surface area contributed by atoms with Gasteiger partial charge in [-0.1, -0.05) is 6.07 Å². The van der Waals surface area contributed by atoms with Gasteiger partial charge in [-0.05, 0) is 25.0 Å². The second kappa shape index (κ2) is 6.37. The number of aliphatic hydroxyl groups is 1. The highest BCUT2D eigenvalue weighted by Gasteiger charge is 2.42. The highest BCUT2D eigenvalue weighted by atomic mass is 19.3. The van der Waals surface area contributed by atoms with E-state index in [1.807, 2.05) is 17.9 Å². The Morgan fingerprint density at radius 3 is 2.67 bits per heavy atom. The van der Waals surface area contributed by atoms with E-state index in [2.05, 4.69) is 4.98 Å². The van der Waals surface area contributed by atoms with E-state index in [4.69, 9.17) is 0 Å². The second-order valence-electron chi connectivity index (χ2n) is 7.00. The van der Waals surface area contributed by atoms with Crippen LogP contribution in [0.1, 0.15) is 35.3 Å². The normalized spacial score (nSPS) is 27.4. The zero-order chi connectivity index (χ0) is 17.4. The molecule has 1 aromatic heterocycles. The number of nitrogens with zero attached hydrogens (tertiary/aromatic N) is 3. The molecule has 7 heteroatoms. The van der Waals surface area contributed by atoms with E-state index in [-0.39, 0.29) is 38.4 Å². The average molecular weight is 339 g/mol. The highest BCUT2D eigenvalue weighted by molar-refractivity contribution is 5.93. The van der Waals surface area contributed by atoms with E-state index in [9.17, 15) is 18.7 Å². The maximum absolute atomic E-state index is 13.2. The Labute approximate surface area is 140 Å². The predicted octanol–water partition coefficient (Wildman–Crippen LogP) is 1.70. The molecule has 0 saturated carbocycles. The number of carbonyl (C=O) groups excluding carboxylic acids is 1. The summed E-state index contributed by atoms with van der Waals surface area (Å²) in [5.41, 5.74) is 0.167. The first-order chi connectivity index (χ1) is 11.3. The summed E-state index contributed by atoms with van der Waals surface area (Å²) in [6, 6.07) is 3.61. The van der Waals surface area contributed by atoms with Gasteiger partial charge >= 0.3 is 0 Å². The van der Waals surface area contributed by atoms with E-state index in [1.165, 1.54) is 0 Å². The fourth-order valence-electron chi connectivity index (χ4n) is 3.47. The Hall–Kier alpha value is -1.60. The van der Waals surface area contributed by atoms with E-state index in [0.717, 1.165) is 5.56 Å². The first kappa shape index (κ1) is 17.2. The van der Waals surface area contributed by atoms with E-state index in [0.29, 0.717) is 25.2 Å². The average Bonchev–Trinajstić information content (AvgIpc) is 2.92. The molecule has 1 aromatic rings. The van der Waals surface area contributed by atoms with Crippen molar-refractivity contribution in [1.82, 2.24) is 14.8 Å².